The van der Waals surface area contributed by atoms with Crippen LogP contribution < -0.4 is 11.1 Å². The van der Waals surface area contributed by atoms with Gasteiger partial charge in [-0.25, -0.2) is 4.79 Å². The Morgan fingerprint density at radius 1 is 1.00 bits per heavy atom. The molecule has 1 saturated carbocycles. The quantitative estimate of drug-likeness (QED) is 0.766. The smallest absolute Gasteiger partial charge is 0.407 e. The Bertz CT molecular complexity index is 461. The first-order chi connectivity index (χ1) is 10.7. The molecular weight excluding hydrogens is 308 g/mol. The van der Waals surface area contributed by atoms with Gasteiger partial charge in [-0.3, -0.25) is 4.79 Å². The average Bonchev–Trinajstić information content (AvgIpc) is 2.70. The number of rotatable bonds is 4. The Balaban J connectivity index is 2.49. The van der Waals surface area contributed by atoms with Gasteiger partial charge in [0.05, 0.1) is 0 Å². The van der Waals surface area contributed by atoms with E-state index in [4.69, 9.17) is 15.2 Å². The van der Waals surface area contributed by atoms with Crippen molar-refractivity contribution in [1.29, 1.82) is 0 Å². The monoisotopic (exact) mass is 342 g/mol. The van der Waals surface area contributed by atoms with Crippen molar-refractivity contribution in [3.8, 4) is 0 Å². The molecule has 0 bridgehead atoms. The predicted octanol–water partition coefficient (Wildman–Crippen LogP) is 3.13. The minimum absolute atomic E-state index is 0.0688. The minimum Gasteiger partial charge on any atom is -0.459 e. The highest BCUT2D eigenvalue weighted by Gasteiger charge is 2.38. The zero-order chi connectivity index (χ0) is 18.8. The fraction of sp³-hybridized carbons (Fsp3) is 0.889. The number of nitrogens with one attached hydrogen (secondary N) is 1. The van der Waals surface area contributed by atoms with E-state index in [0.717, 1.165) is 19.3 Å². The summed E-state index contributed by atoms with van der Waals surface area (Å²) in [6, 6.07) is 0.0688. The fourth-order valence-electron chi connectivity index (χ4n) is 2.94. The van der Waals surface area contributed by atoms with Gasteiger partial charge in [-0.2, -0.15) is 0 Å². The zero-order valence-electron chi connectivity index (χ0n) is 16.2. The van der Waals surface area contributed by atoms with E-state index < -0.39 is 22.8 Å². The molecule has 0 aromatic rings. The first-order valence-electron chi connectivity index (χ1n) is 8.70. The van der Waals surface area contributed by atoms with Crippen molar-refractivity contribution in [2.75, 3.05) is 0 Å². The van der Waals surface area contributed by atoms with E-state index in [1.807, 2.05) is 41.5 Å². The maximum absolute atomic E-state index is 12.2. The molecule has 6 nitrogen and oxygen atoms in total. The van der Waals surface area contributed by atoms with Gasteiger partial charge in [0.15, 0.2) is 0 Å². The van der Waals surface area contributed by atoms with Crippen LogP contribution in [0.3, 0.4) is 0 Å². The molecule has 140 valence electrons. The van der Waals surface area contributed by atoms with Gasteiger partial charge in [0, 0.05) is 6.04 Å². The second-order valence-electron chi connectivity index (χ2n) is 9.15. The lowest BCUT2D eigenvalue weighted by atomic mass is 9.88. The lowest BCUT2D eigenvalue weighted by molar-refractivity contribution is -0.161. The fourth-order valence-corrected chi connectivity index (χ4v) is 2.94. The molecule has 0 spiro atoms. The van der Waals surface area contributed by atoms with E-state index in [1.54, 1.807) is 6.92 Å². The van der Waals surface area contributed by atoms with Crippen LogP contribution >= 0.6 is 0 Å². The Morgan fingerprint density at radius 2 is 1.54 bits per heavy atom. The van der Waals surface area contributed by atoms with Gasteiger partial charge in [0.25, 0.3) is 0 Å². The Morgan fingerprint density at radius 3 is 2.04 bits per heavy atom. The number of carbonyl (C=O) groups is 2. The van der Waals surface area contributed by atoms with Crippen LogP contribution in [-0.4, -0.2) is 34.8 Å². The third-order valence-electron chi connectivity index (χ3n) is 3.84. The molecule has 0 saturated heterocycles. The van der Waals surface area contributed by atoms with Gasteiger partial charge >= 0.3 is 12.1 Å². The normalized spacial score (nSPS) is 24.2. The number of alkyl carbamates (subject to hydrolysis) is 1. The third kappa shape index (κ3) is 7.51. The highest BCUT2D eigenvalue weighted by atomic mass is 16.6. The highest BCUT2D eigenvalue weighted by Crippen LogP contribution is 2.32. The van der Waals surface area contributed by atoms with E-state index in [-0.39, 0.29) is 17.9 Å². The molecule has 24 heavy (non-hydrogen) atoms. The number of ether oxygens (including phenoxy) is 2. The molecule has 0 aliphatic heterocycles. The van der Waals surface area contributed by atoms with Crippen LogP contribution in [0.25, 0.3) is 0 Å². The maximum Gasteiger partial charge on any atom is 0.407 e. The van der Waals surface area contributed by atoms with E-state index >= 15 is 0 Å². The van der Waals surface area contributed by atoms with Crippen molar-refractivity contribution in [2.45, 2.75) is 96.9 Å². The number of hydrogen-bond acceptors (Lipinski definition) is 5. The molecule has 0 aromatic heterocycles. The van der Waals surface area contributed by atoms with Crippen molar-refractivity contribution in [3.05, 3.63) is 0 Å². The summed E-state index contributed by atoms with van der Waals surface area (Å²) in [6.07, 6.45) is 2.75. The molecule has 1 amide bonds. The Kier molecular flexibility index (Phi) is 6.31. The number of nitrogens with two attached hydrogens (primary N) is 1. The van der Waals surface area contributed by atoms with Crippen LogP contribution in [0.4, 0.5) is 4.79 Å². The van der Waals surface area contributed by atoms with Crippen molar-refractivity contribution in [2.24, 2.45) is 11.7 Å². The van der Waals surface area contributed by atoms with Crippen molar-refractivity contribution in [1.82, 2.24) is 5.32 Å². The molecule has 0 aromatic carbocycles. The van der Waals surface area contributed by atoms with Crippen molar-refractivity contribution in [3.63, 3.8) is 0 Å². The number of carbonyl (C=O) groups excluding carboxylic acids is 2. The van der Waals surface area contributed by atoms with Crippen LogP contribution in [0.5, 0.6) is 0 Å². The second kappa shape index (κ2) is 7.30. The molecule has 3 N–H and O–H groups in total. The largest absolute Gasteiger partial charge is 0.459 e. The SMILES string of the molecule is CC(C)(C)OC(=O)NC1CCC(CC(C)(N)C(=O)OC(C)(C)C)C1. The summed E-state index contributed by atoms with van der Waals surface area (Å²) in [4.78, 5) is 24.1. The zero-order valence-corrected chi connectivity index (χ0v) is 16.2. The molecule has 6 heteroatoms. The number of hydrogen-bond donors (Lipinski definition) is 2. The molecule has 3 atom stereocenters. The van der Waals surface area contributed by atoms with Crippen molar-refractivity contribution < 1.29 is 19.1 Å². The molecule has 1 rings (SSSR count). The Labute approximate surface area is 145 Å². The topological polar surface area (TPSA) is 90.6 Å². The van der Waals surface area contributed by atoms with Gasteiger partial charge in [-0.05, 0) is 80.1 Å². The summed E-state index contributed by atoms with van der Waals surface area (Å²) < 4.78 is 10.7. The summed E-state index contributed by atoms with van der Waals surface area (Å²) in [5, 5.41) is 2.90. The van der Waals surface area contributed by atoms with Crippen LogP contribution in [-0.2, 0) is 14.3 Å². The Hall–Kier alpha value is -1.30. The number of esters is 1. The van der Waals surface area contributed by atoms with Crippen LogP contribution in [0, 0.1) is 5.92 Å². The van der Waals surface area contributed by atoms with Crippen LogP contribution in [0.15, 0.2) is 0 Å². The molecule has 0 radical (unpaired) electrons. The summed E-state index contributed by atoms with van der Waals surface area (Å²) >= 11 is 0. The van der Waals surface area contributed by atoms with E-state index in [9.17, 15) is 9.59 Å². The molecule has 1 aliphatic rings. The summed E-state index contributed by atoms with van der Waals surface area (Å²) in [6.45, 7) is 12.7. The van der Waals surface area contributed by atoms with Gasteiger partial charge in [-0.15, -0.1) is 0 Å². The first-order valence-corrected chi connectivity index (χ1v) is 8.70. The second-order valence-corrected chi connectivity index (χ2v) is 9.15. The minimum atomic E-state index is -1.02. The summed E-state index contributed by atoms with van der Waals surface area (Å²) in [5.74, 6) is -0.0917. The molecule has 1 fully saturated rings. The highest BCUT2D eigenvalue weighted by molar-refractivity contribution is 5.80. The van der Waals surface area contributed by atoms with Gasteiger partial charge in [-0.1, -0.05) is 0 Å². The van der Waals surface area contributed by atoms with Crippen molar-refractivity contribution >= 4 is 12.1 Å². The van der Waals surface area contributed by atoms with E-state index in [0.29, 0.717) is 6.42 Å². The van der Waals surface area contributed by atoms with Crippen LogP contribution in [0.1, 0.15) is 74.1 Å². The first kappa shape index (κ1) is 20.7. The molecular formula is C18H34N2O4. The summed E-state index contributed by atoms with van der Waals surface area (Å²) in [7, 11) is 0. The average molecular weight is 342 g/mol. The standard InChI is InChI=1S/C18H34N2O4/c1-16(2,3)23-14(21)18(7,19)11-12-8-9-13(10-12)20-15(22)24-17(4,5)6/h12-13H,8-11,19H2,1-7H3,(H,20,22). The van der Waals surface area contributed by atoms with Gasteiger partial charge < -0.3 is 20.5 Å². The maximum atomic E-state index is 12.2. The molecule has 1 aliphatic carbocycles. The van der Waals surface area contributed by atoms with E-state index in [1.165, 1.54) is 0 Å². The lowest BCUT2D eigenvalue weighted by Crippen LogP contribution is -2.49. The van der Waals surface area contributed by atoms with E-state index in [2.05, 4.69) is 5.32 Å². The van der Waals surface area contributed by atoms with Crippen LogP contribution in [0.2, 0.25) is 0 Å². The van der Waals surface area contributed by atoms with Gasteiger partial charge in [0.2, 0.25) is 0 Å². The lowest BCUT2D eigenvalue weighted by Gasteiger charge is -2.30. The molecule has 0 heterocycles. The van der Waals surface area contributed by atoms with Gasteiger partial charge in [0.1, 0.15) is 16.7 Å². The number of amides is 1. The third-order valence-corrected chi connectivity index (χ3v) is 3.84. The molecule has 3 unspecified atom stereocenters. The summed E-state index contributed by atoms with van der Waals surface area (Å²) in [5.41, 5.74) is 4.12. The predicted molar refractivity (Wildman–Crippen MR) is 93.6 cm³/mol.